The SMILES string of the molecule is CC(C)CC1CCN(C(C)(C)C)CC1. The van der Waals surface area contributed by atoms with Gasteiger partial charge in [0.2, 0.25) is 0 Å². The van der Waals surface area contributed by atoms with E-state index in [1.807, 2.05) is 0 Å². The lowest BCUT2D eigenvalue weighted by Gasteiger charge is -2.41. The van der Waals surface area contributed by atoms with Crippen LogP contribution in [0.25, 0.3) is 0 Å². The summed E-state index contributed by atoms with van der Waals surface area (Å²) in [6, 6.07) is 0. The molecule has 0 radical (unpaired) electrons. The molecule has 14 heavy (non-hydrogen) atoms. The molecular formula is C13H27N. The fraction of sp³-hybridized carbons (Fsp3) is 1.00. The zero-order chi connectivity index (χ0) is 10.8. The van der Waals surface area contributed by atoms with Gasteiger partial charge in [-0.05, 0) is 65.0 Å². The molecule has 1 fully saturated rings. The van der Waals surface area contributed by atoms with Crippen LogP contribution in [-0.2, 0) is 0 Å². The lowest BCUT2D eigenvalue weighted by molar-refractivity contribution is 0.0821. The minimum absolute atomic E-state index is 0.378. The van der Waals surface area contributed by atoms with Crippen LogP contribution in [-0.4, -0.2) is 23.5 Å². The first kappa shape index (κ1) is 12.0. The Morgan fingerprint density at radius 3 is 2.00 bits per heavy atom. The van der Waals surface area contributed by atoms with Crippen molar-refractivity contribution in [2.75, 3.05) is 13.1 Å². The molecular weight excluding hydrogens is 170 g/mol. The van der Waals surface area contributed by atoms with E-state index in [2.05, 4.69) is 39.5 Å². The van der Waals surface area contributed by atoms with Gasteiger partial charge in [0.25, 0.3) is 0 Å². The molecule has 1 nitrogen and oxygen atoms in total. The number of rotatable bonds is 2. The summed E-state index contributed by atoms with van der Waals surface area (Å²) in [5.74, 6) is 1.87. The Balaban J connectivity index is 2.31. The van der Waals surface area contributed by atoms with Crippen LogP contribution in [0.2, 0.25) is 0 Å². The number of nitrogens with zero attached hydrogens (tertiary/aromatic N) is 1. The van der Waals surface area contributed by atoms with Crippen molar-refractivity contribution in [3.05, 3.63) is 0 Å². The Morgan fingerprint density at radius 1 is 1.14 bits per heavy atom. The Morgan fingerprint density at radius 2 is 1.64 bits per heavy atom. The van der Waals surface area contributed by atoms with E-state index in [0.29, 0.717) is 5.54 Å². The van der Waals surface area contributed by atoms with E-state index < -0.39 is 0 Å². The standard InChI is InChI=1S/C13H27N/c1-11(2)10-12-6-8-14(9-7-12)13(3,4)5/h11-12H,6-10H2,1-5H3. The van der Waals surface area contributed by atoms with Crippen molar-refractivity contribution in [2.45, 2.75) is 59.4 Å². The van der Waals surface area contributed by atoms with Crippen LogP contribution in [0.1, 0.15) is 53.9 Å². The zero-order valence-electron chi connectivity index (χ0n) is 10.6. The van der Waals surface area contributed by atoms with Crippen LogP contribution in [0.5, 0.6) is 0 Å². The molecule has 0 aromatic heterocycles. The zero-order valence-corrected chi connectivity index (χ0v) is 10.6. The molecule has 0 unspecified atom stereocenters. The summed E-state index contributed by atoms with van der Waals surface area (Å²) >= 11 is 0. The smallest absolute Gasteiger partial charge is 0.0125 e. The second kappa shape index (κ2) is 4.65. The molecule has 1 heteroatoms. The topological polar surface area (TPSA) is 3.24 Å². The third-order valence-electron chi connectivity index (χ3n) is 3.37. The largest absolute Gasteiger partial charge is 0.298 e. The highest BCUT2D eigenvalue weighted by Crippen LogP contribution is 2.27. The van der Waals surface area contributed by atoms with E-state index >= 15 is 0 Å². The first-order chi connectivity index (χ1) is 6.39. The molecule has 0 aromatic carbocycles. The van der Waals surface area contributed by atoms with Gasteiger partial charge in [0, 0.05) is 5.54 Å². The fourth-order valence-corrected chi connectivity index (χ4v) is 2.51. The fourth-order valence-electron chi connectivity index (χ4n) is 2.51. The minimum atomic E-state index is 0.378. The van der Waals surface area contributed by atoms with Crippen molar-refractivity contribution >= 4 is 0 Å². The van der Waals surface area contributed by atoms with Crippen LogP contribution in [0.15, 0.2) is 0 Å². The van der Waals surface area contributed by atoms with E-state index in [1.165, 1.54) is 32.4 Å². The first-order valence-corrected chi connectivity index (χ1v) is 6.14. The van der Waals surface area contributed by atoms with Crippen molar-refractivity contribution in [2.24, 2.45) is 11.8 Å². The highest BCUT2D eigenvalue weighted by molar-refractivity contribution is 4.81. The van der Waals surface area contributed by atoms with Crippen molar-refractivity contribution in [3.8, 4) is 0 Å². The number of hydrogen-bond donors (Lipinski definition) is 0. The number of likely N-dealkylation sites (tertiary alicyclic amines) is 1. The first-order valence-electron chi connectivity index (χ1n) is 6.14. The normalized spacial score (nSPS) is 21.9. The Labute approximate surface area is 89.9 Å². The molecule has 1 saturated heterocycles. The van der Waals surface area contributed by atoms with Crippen LogP contribution >= 0.6 is 0 Å². The molecule has 0 amide bonds. The van der Waals surface area contributed by atoms with Gasteiger partial charge in [-0.3, -0.25) is 4.90 Å². The van der Waals surface area contributed by atoms with Crippen LogP contribution in [0, 0.1) is 11.8 Å². The highest BCUT2D eigenvalue weighted by atomic mass is 15.2. The van der Waals surface area contributed by atoms with E-state index in [4.69, 9.17) is 0 Å². The average Bonchev–Trinajstić information content (AvgIpc) is 2.02. The molecule has 0 saturated carbocycles. The van der Waals surface area contributed by atoms with Gasteiger partial charge in [0.05, 0.1) is 0 Å². The maximum atomic E-state index is 2.63. The predicted octanol–water partition coefficient (Wildman–Crippen LogP) is 3.54. The molecule has 0 N–H and O–H groups in total. The summed E-state index contributed by atoms with van der Waals surface area (Å²) < 4.78 is 0. The third-order valence-corrected chi connectivity index (χ3v) is 3.37. The Kier molecular flexibility index (Phi) is 4.00. The van der Waals surface area contributed by atoms with Crippen molar-refractivity contribution in [1.29, 1.82) is 0 Å². The molecule has 0 aromatic rings. The molecule has 0 bridgehead atoms. The lowest BCUT2D eigenvalue weighted by atomic mass is 9.87. The summed E-state index contributed by atoms with van der Waals surface area (Å²) in [4.78, 5) is 2.63. The molecule has 0 spiro atoms. The van der Waals surface area contributed by atoms with E-state index in [0.717, 1.165) is 11.8 Å². The van der Waals surface area contributed by atoms with Crippen LogP contribution in [0.3, 0.4) is 0 Å². The molecule has 0 aliphatic carbocycles. The molecule has 1 aliphatic heterocycles. The molecule has 0 atom stereocenters. The van der Waals surface area contributed by atoms with Crippen LogP contribution in [0.4, 0.5) is 0 Å². The van der Waals surface area contributed by atoms with E-state index in [9.17, 15) is 0 Å². The van der Waals surface area contributed by atoms with Gasteiger partial charge in [-0.1, -0.05) is 13.8 Å². The number of piperidine rings is 1. The van der Waals surface area contributed by atoms with Gasteiger partial charge in [-0.25, -0.2) is 0 Å². The Hall–Kier alpha value is -0.0400. The van der Waals surface area contributed by atoms with Crippen molar-refractivity contribution < 1.29 is 0 Å². The van der Waals surface area contributed by atoms with Gasteiger partial charge < -0.3 is 0 Å². The minimum Gasteiger partial charge on any atom is -0.298 e. The maximum Gasteiger partial charge on any atom is 0.0125 e. The molecule has 1 heterocycles. The van der Waals surface area contributed by atoms with Gasteiger partial charge >= 0.3 is 0 Å². The quantitative estimate of drug-likeness (QED) is 0.654. The summed E-state index contributed by atoms with van der Waals surface area (Å²) in [6.45, 7) is 14.3. The van der Waals surface area contributed by atoms with E-state index in [1.54, 1.807) is 0 Å². The van der Waals surface area contributed by atoms with E-state index in [-0.39, 0.29) is 0 Å². The second-order valence-corrected chi connectivity index (χ2v) is 6.23. The monoisotopic (exact) mass is 197 g/mol. The molecule has 1 aliphatic rings. The summed E-state index contributed by atoms with van der Waals surface area (Å²) in [5, 5.41) is 0. The Bertz CT molecular complexity index is 159. The summed E-state index contributed by atoms with van der Waals surface area (Å²) in [6.07, 6.45) is 4.25. The summed E-state index contributed by atoms with van der Waals surface area (Å²) in [5.41, 5.74) is 0.378. The van der Waals surface area contributed by atoms with Crippen molar-refractivity contribution in [3.63, 3.8) is 0 Å². The predicted molar refractivity (Wildman–Crippen MR) is 63.5 cm³/mol. The number of hydrogen-bond acceptors (Lipinski definition) is 1. The highest BCUT2D eigenvalue weighted by Gasteiger charge is 2.26. The molecule has 84 valence electrons. The second-order valence-electron chi connectivity index (χ2n) is 6.23. The van der Waals surface area contributed by atoms with Crippen molar-refractivity contribution in [1.82, 2.24) is 4.90 Å². The third kappa shape index (κ3) is 3.61. The summed E-state index contributed by atoms with van der Waals surface area (Å²) in [7, 11) is 0. The van der Waals surface area contributed by atoms with Gasteiger partial charge in [0.1, 0.15) is 0 Å². The van der Waals surface area contributed by atoms with Gasteiger partial charge in [0.15, 0.2) is 0 Å². The lowest BCUT2D eigenvalue weighted by Crippen LogP contribution is -2.46. The average molecular weight is 197 g/mol. The van der Waals surface area contributed by atoms with Crippen LogP contribution < -0.4 is 0 Å². The van der Waals surface area contributed by atoms with Gasteiger partial charge in [-0.2, -0.15) is 0 Å². The maximum absolute atomic E-state index is 2.63. The molecule has 1 rings (SSSR count). The van der Waals surface area contributed by atoms with Gasteiger partial charge in [-0.15, -0.1) is 0 Å².